The van der Waals surface area contributed by atoms with Gasteiger partial charge in [-0.3, -0.25) is 4.57 Å². The van der Waals surface area contributed by atoms with Crippen molar-refractivity contribution in [3.05, 3.63) is 16.4 Å². The topological polar surface area (TPSA) is 82.2 Å². The normalized spacial score (nSPS) is 19.5. The van der Waals surface area contributed by atoms with Gasteiger partial charge < -0.3 is 20.2 Å². The van der Waals surface area contributed by atoms with E-state index in [1.807, 2.05) is 0 Å². The number of nitrogens with one attached hydrogen (secondary N) is 1. The smallest absolute Gasteiger partial charge is 0.378 e. The standard InChI is InChI=1S/C10H16N4O3/c1-13-7-12-10(14(15)16)9(13)11-5-4-8-3-2-6-17-8/h7-8,11H,2-6H2,1H3/t8-/m1/s1. The Kier molecular flexibility index (Phi) is 3.58. The molecule has 0 aromatic carbocycles. The van der Waals surface area contributed by atoms with E-state index in [0.29, 0.717) is 12.4 Å². The zero-order chi connectivity index (χ0) is 12.3. The minimum Gasteiger partial charge on any atom is -0.378 e. The van der Waals surface area contributed by atoms with Gasteiger partial charge in [0.15, 0.2) is 0 Å². The molecule has 1 N–H and O–H groups in total. The van der Waals surface area contributed by atoms with Crippen molar-refractivity contribution in [3.63, 3.8) is 0 Å². The predicted molar refractivity (Wildman–Crippen MR) is 61.9 cm³/mol. The summed E-state index contributed by atoms with van der Waals surface area (Å²) < 4.78 is 7.10. The summed E-state index contributed by atoms with van der Waals surface area (Å²) in [6.07, 6.45) is 4.77. The molecule has 2 rings (SSSR count). The number of nitrogens with zero attached hydrogens (tertiary/aromatic N) is 3. The van der Waals surface area contributed by atoms with Crippen LogP contribution < -0.4 is 5.32 Å². The van der Waals surface area contributed by atoms with Gasteiger partial charge in [-0.25, -0.2) is 0 Å². The molecule has 1 aromatic heterocycles. The number of hydrogen-bond acceptors (Lipinski definition) is 5. The van der Waals surface area contributed by atoms with Crippen molar-refractivity contribution in [1.29, 1.82) is 0 Å². The van der Waals surface area contributed by atoms with Crippen LogP contribution in [0.4, 0.5) is 11.6 Å². The fourth-order valence-corrected chi connectivity index (χ4v) is 1.98. The number of aryl methyl sites for hydroxylation is 1. The lowest BCUT2D eigenvalue weighted by atomic mass is 10.2. The Morgan fingerprint density at radius 3 is 3.24 bits per heavy atom. The monoisotopic (exact) mass is 240 g/mol. The summed E-state index contributed by atoms with van der Waals surface area (Å²) in [6, 6.07) is 0. The molecule has 0 bridgehead atoms. The van der Waals surface area contributed by atoms with Crippen LogP contribution in [0.3, 0.4) is 0 Å². The van der Waals surface area contributed by atoms with Crippen LogP contribution in [0, 0.1) is 10.1 Å². The highest BCUT2D eigenvalue weighted by molar-refractivity contribution is 5.51. The van der Waals surface area contributed by atoms with Crippen molar-refractivity contribution in [2.24, 2.45) is 7.05 Å². The van der Waals surface area contributed by atoms with E-state index in [1.165, 1.54) is 6.33 Å². The van der Waals surface area contributed by atoms with E-state index < -0.39 is 4.92 Å². The first-order valence-corrected chi connectivity index (χ1v) is 5.69. The van der Waals surface area contributed by atoms with Gasteiger partial charge in [0.25, 0.3) is 0 Å². The van der Waals surface area contributed by atoms with Gasteiger partial charge in [0.2, 0.25) is 12.1 Å². The van der Waals surface area contributed by atoms with Crippen LogP contribution >= 0.6 is 0 Å². The molecule has 7 heteroatoms. The van der Waals surface area contributed by atoms with Gasteiger partial charge in [0.1, 0.15) is 0 Å². The highest BCUT2D eigenvalue weighted by atomic mass is 16.6. The van der Waals surface area contributed by atoms with Crippen LogP contribution in [0.5, 0.6) is 0 Å². The molecule has 0 amide bonds. The Bertz CT molecular complexity index is 398. The van der Waals surface area contributed by atoms with Gasteiger partial charge in [0.05, 0.1) is 6.10 Å². The second-order valence-corrected chi connectivity index (χ2v) is 4.14. The minimum atomic E-state index is -0.478. The van der Waals surface area contributed by atoms with Gasteiger partial charge >= 0.3 is 5.82 Å². The first-order valence-electron chi connectivity index (χ1n) is 5.69. The second-order valence-electron chi connectivity index (χ2n) is 4.14. The number of aromatic nitrogens is 2. The molecule has 17 heavy (non-hydrogen) atoms. The Morgan fingerprint density at radius 2 is 2.59 bits per heavy atom. The summed E-state index contributed by atoms with van der Waals surface area (Å²) in [5, 5.41) is 13.8. The molecule has 0 saturated carbocycles. The van der Waals surface area contributed by atoms with E-state index in [4.69, 9.17) is 4.74 Å². The van der Waals surface area contributed by atoms with Crippen molar-refractivity contribution >= 4 is 11.6 Å². The van der Waals surface area contributed by atoms with E-state index in [1.54, 1.807) is 11.6 Å². The summed E-state index contributed by atoms with van der Waals surface area (Å²) in [5.74, 6) is 0.327. The third-order valence-electron chi connectivity index (χ3n) is 2.87. The summed E-state index contributed by atoms with van der Waals surface area (Å²) in [7, 11) is 1.73. The zero-order valence-electron chi connectivity index (χ0n) is 9.76. The summed E-state index contributed by atoms with van der Waals surface area (Å²) in [5.41, 5.74) is 0. The second kappa shape index (κ2) is 5.13. The number of anilines is 1. The lowest BCUT2D eigenvalue weighted by Gasteiger charge is -2.10. The van der Waals surface area contributed by atoms with Crippen LogP contribution in [0.2, 0.25) is 0 Å². The molecule has 1 aromatic rings. The number of nitro groups is 1. The molecule has 1 aliphatic heterocycles. The number of ether oxygens (including phenoxy) is 1. The Labute approximate surface area is 98.9 Å². The number of imidazole rings is 1. The van der Waals surface area contributed by atoms with E-state index in [0.717, 1.165) is 25.9 Å². The molecule has 0 aliphatic carbocycles. The molecule has 1 aliphatic rings. The van der Waals surface area contributed by atoms with Gasteiger partial charge in [-0.2, -0.15) is 0 Å². The van der Waals surface area contributed by atoms with Crippen LogP contribution in [-0.4, -0.2) is 33.7 Å². The first kappa shape index (κ1) is 11.8. The van der Waals surface area contributed by atoms with Crippen LogP contribution in [0.1, 0.15) is 19.3 Å². The summed E-state index contributed by atoms with van der Waals surface area (Å²) >= 11 is 0. The van der Waals surface area contributed by atoms with E-state index >= 15 is 0 Å². The molecule has 0 radical (unpaired) electrons. The highest BCUT2D eigenvalue weighted by Crippen LogP contribution is 2.21. The van der Waals surface area contributed by atoms with Crippen LogP contribution in [-0.2, 0) is 11.8 Å². The Morgan fingerprint density at radius 1 is 1.76 bits per heavy atom. The number of hydrogen-bond donors (Lipinski definition) is 1. The molecular formula is C10H16N4O3. The Balaban J connectivity index is 1.89. The van der Waals surface area contributed by atoms with Gasteiger partial charge in [-0.15, -0.1) is 0 Å². The molecule has 0 spiro atoms. The molecule has 1 atom stereocenters. The third-order valence-corrected chi connectivity index (χ3v) is 2.87. The maximum atomic E-state index is 10.7. The van der Waals surface area contributed by atoms with E-state index in [2.05, 4.69) is 10.3 Å². The molecule has 0 unspecified atom stereocenters. The fraction of sp³-hybridized carbons (Fsp3) is 0.700. The maximum Gasteiger partial charge on any atom is 0.406 e. The first-order chi connectivity index (χ1) is 8.18. The summed E-state index contributed by atoms with van der Waals surface area (Å²) in [6.45, 7) is 1.49. The highest BCUT2D eigenvalue weighted by Gasteiger charge is 2.20. The lowest BCUT2D eigenvalue weighted by Crippen LogP contribution is -2.14. The van der Waals surface area contributed by atoms with Crippen molar-refractivity contribution in [1.82, 2.24) is 9.55 Å². The van der Waals surface area contributed by atoms with Gasteiger partial charge in [-0.05, 0) is 29.2 Å². The van der Waals surface area contributed by atoms with Crippen molar-refractivity contribution in [2.75, 3.05) is 18.5 Å². The third kappa shape index (κ3) is 2.73. The van der Waals surface area contributed by atoms with E-state index in [9.17, 15) is 10.1 Å². The molecule has 2 heterocycles. The zero-order valence-corrected chi connectivity index (χ0v) is 9.76. The van der Waals surface area contributed by atoms with Crippen LogP contribution in [0.15, 0.2) is 6.33 Å². The molecule has 94 valence electrons. The molecule has 1 fully saturated rings. The lowest BCUT2D eigenvalue weighted by molar-refractivity contribution is -0.388. The summed E-state index contributed by atoms with van der Waals surface area (Å²) in [4.78, 5) is 14.0. The molecular weight excluding hydrogens is 224 g/mol. The number of rotatable bonds is 5. The van der Waals surface area contributed by atoms with E-state index in [-0.39, 0.29) is 11.9 Å². The average molecular weight is 240 g/mol. The van der Waals surface area contributed by atoms with Gasteiger partial charge in [-0.1, -0.05) is 0 Å². The largest absolute Gasteiger partial charge is 0.406 e. The van der Waals surface area contributed by atoms with Crippen molar-refractivity contribution in [3.8, 4) is 0 Å². The average Bonchev–Trinajstić information content (AvgIpc) is 2.89. The Hall–Kier alpha value is -1.63. The SMILES string of the molecule is Cn1cnc([N+](=O)[O-])c1NCC[C@H]1CCCO1. The quantitative estimate of drug-likeness (QED) is 0.619. The van der Waals surface area contributed by atoms with Crippen molar-refractivity contribution < 1.29 is 9.66 Å². The minimum absolute atomic E-state index is 0.125. The predicted octanol–water partition coefficient (Wildman–Crippen LogP) is 1.31. The maximum absolute atomic E-state index is 10.7. The fourth-order valence-electron chi connectivity index (χ4n) is 1.98. The van der Waals surface area contributed by atoms with Crippen molar-refractivity contribution in [2.45, 2.75) is 25.4 Å². The van der Waals surface area contributed by atoms with Crippen LogP contribution in [0.25, 0.3) is 0 Å². The molecule has 7 nitrogen and oxygen atoms in total. The van der Waals surface area contributed by atoms with Gasteiger partial charge in [0, 0.05) is 20.2 Å². The molecule has 1 saturated heterocycles.